The van der Waals surface area contributed by atoms with Gasteiger partial charge in [0.25, 0.3) is 0 Å². The average Bonchev–Trinajstić information content (AvgIpc) is 2.74. The molecule has 1 aromatic heterocycles. The predicted octanol–water partition coefficient (Wildman–Crippen LogP) is 1.91. The van der Waals surface area contributed by atoms with Gasteiger partial charge < -0.3 is 11.5 Å². The molecule has 0 saturated carbocycles. The average molecular weight is 260 g/mol. The van der Waals surface area contributed by atoms with Crippen molar-refractivity contribution in [2.45, 2.75) is 10.1 Å². The van der Waals surface area contributed by atoms with Crippen LogP contribution in [0, 0.1) is 5.82 Å². The van der Waals surface area contributed by atoms with Crippen LogP contribution in [0.15, 0.2) is 22.4 Å². The van der Waals surface area contributed by atoms with Crippen LogP contribution in [0.4, 0.5) is 15.8 Å². The van der Waals surface area contributed by atoms with Crippen LogP contribution in [0.5, 0.6) is 0 Å². The number of anilines is 2. The number of aromatic nitrogens is 3. The lowest BCUT2D eigenvalue weighted by Gasteiger charge is -2.08. The molecule has 0 bridgehead atoms. The van der Waals surface area contributed by atoms with Crippen LogP contribution in [0.3, 0.4) is 0 Å². The Morgan fingerprint density at radius 1 is 1.38 bits per heavy atom. The third kappa shape index (κ3) is 1.91. The maximum absolute atomic E-state index is 13.7. The lowest BCUT2D eigenvalue weighted by Crippen LogP contribution is -1.98. The van der Waals surface area contributed by atoms with Gasteiger partial charge in [0.1, 0.15) is 11.3 Å². The first-order chi connectivity index (χ1) is 7.59. The van der Waals surface area contributed by atoms with Crippen LogP contribution in [0.25, 0.3) is 0 Å². The molecule has 2 rings (SSSR count). The summed E-state index contributed by atoms with van der Waals surface area (Å²) in [5.41, 5.74) is 11.4. The number of halogens is 2. The number of nitrogen functional groups attached to an aromatic ring is 2. The molecule has 5 N–H and O–H groups in total. The minimum absolute atomic E-state index is 0.110. The Morgan fingerprint density at radius 3 is 2.75 bits per heavy atom. The highest BCUT2D eigenvalue weighted by Crippen LogP contribution is 2.38. The minimum Gasteiger partial charge on any atom is -0.398 e. The van der Waals surface area contributed by atoms with Crippen molar-refractivity contribution in [1.82, 2.24) is 15.2 Å². The Labute approximate surface area is 99.4 Å². The van der Waals surface area contributed by atoms with Crippen LogP contribution in [-0.4, -0.2) is 15.2 Å². The Bertz CT molecular complexity index is 516. The van der Waals surface area contributed by atoms with Crippen molar-refractivity contribution in [3.8, 4) is 0 Å². The maximum Gasteiger partial charge on any atom is 0.188 e. The van der Waals surface area contributed by atoms with Crippen molar-refractivity contribution in [3.05, 3.63) is 23.2 Å². The molecule has 0 radical (unpaired) electrons. The largest absolute Gasteiger partial charge is 0.398 e. The normalized spacial score (nSPS) is 10.6. The van der Waals surface area contributed by atoms with E-state index in [2.05, 4.69) is 15.2 Å². The standard InChI is InChI=1S/C8H7ClFN5S/c9-5-3(11)1-4(12)7(6(5)10)16-8-13-2-14-15-8/h1-2H,11-12H2,(H,13,14,15). The monoisotopic (exact) mass is 259 g/mol. The number of rotatable bonds is 2. The van der Waals surface area contributed by atoms with Gasteiger partial charge in [-0.1, -0.05) is 11.6 Å². The van der Waals surface area contributed by atoms with Crippen molar-refractivity contribution in [2.24, 2.45) is 0 Å². The lowest BCUT2D eigenvalue weighted by molar-refractivity contribution is 0.604. The fourth-order valence-corrected chi connectivity index (χ4v) is 2.06. The maximum atomic E-state index is 13.7. The van der Waals surface area contributed by atoms with Gasteiger partial charge in [-0.3, -0.25) is 5.10 Å². The smallest absolute Gasteiger partial charge is 0.188 e. The number of hydrogen-bond acceptors (Lipinski definition) is 5. The summed E-state index contributed by atoms with van der Waals surface area (Å²) in [6, 6.07) is 1.41. The summed E-state index contributed by atoms with van der Waals surface area (Å²) in [6.07, 6.45) is 1.31. The second-order valence-corrected chi connectivity index (χ2v) is 4.28. The van der Waals surface area contributed by atoms with E-state index in [-0.39, 0.29) is 21.3 Å². The Kier molecular flexibility index (Phi) is 2.88. The van der Waals surface area contributed by atoms with E-state index in [9.17, 15) is 4.39 Å². The van der Waals surface area contributed by atoms with E-state index in [1.54, 1.807) is 0 Å². The fraction of sp³-hybridized carbons (Fsp3) is 0. The molecule has 0 amide bonds. The molecule has 84 valence electrons. The Morgan fingerprint density at radius 2 is 2.12 bits per heavy atom. The highest BCUT2D eigenvalue weighted by Gasteiger charge is 2.16. The molecule has 2 aromatic rings. The number of hydrogen-bond donors (Lipinski definition) is 3. The SMILES string of the molecule is Nc1cc(N)c(Sc2ncn[nH]2)c(F)c1Cl. The summed E-state index contributed by atoms with van der Waals surface area (Å²) in [5, 5.41) is 6.50. The third-order valence-corrected chi connectivity index (χ3v) is 3.20. The highest BCUT2D eigenvalue weighted by molar-refractivity contribution is 7.99. The van der Waals surface area contributed by atoms with Gasteiger partial charge in [0.05, 0.1) is 16.3 Å². The van der Waals surface area contributed by atoms with Gasteiger partial charge in [0, 0.05) is 0 Å². The number of nitrogens with zero attached hydrogens (tertiary/aromatic N) is 2. The molecule has 0 aliphatic carbocycles. The van der Waals surface area contributed by atoms with Crippen molar-refractivity contribution in [2.75, 3.05) is 11.5 Å². The number of nitrogens with two attached hydrogens (primary N) is 2. The molecule has 16 heavy (non-hydrogen) atoms. The van der Waals surface area contributed by atoms with E-state index in [0.717, 1.165) is 11.8 Å². The lowest BCUT2D eigenvalue weighted by atomic mass is 10.3. The number of aromatic amines is 1. The zero-order valence-electron chi connectivity index (χ0n) is 7.87. The minimum atomic E-state index is -0.652. The van der Waals surface area contributed by atoms with Crippen molar-refractivity contribution in [3.63, 3.8) is 0 Å². The summed E-state index contributed by atoms with van der Waals surface area (Å²) in [5.74, 6) is -0.652. The fourth-order valence-electron chi connectivity index (χ4n) is 1.09. The van der Waals surface area contributed by atoms with Gasteiger partial charge in [-0.05, 0) is 17.8 Å². The molecule has 0 aliphatic heterocycles. The van der Waals surface area contributed by atoms with Gasteiger partial charge in [-0.2, -0.15) is 5.10 Å². The van der Waals surface area contributed by atoms with Crippen molar-refractivity contribution in [1.29, 1.82) is 0 Å². The summed E-state index contributed by atoms with van der Waals surface area (Å²) >= 11 is 6.68. The van der Waals surface area contributed by atoms with Crippen LogP contribution in [0.1, 0.15) is 0 Å². The third-order valence-electron chi connectivity index (χ3n) is 1.81. The molecule has 0 unspecified atom stereocenters. The molecule has 0 saturated heterocycles. The molecule has 8 heteroatoms. The van der Waals surface area contributed by atoms with Gasteiger partial charge in [0.15, 0.2) is 11.0 Å². The zero-order valence-corrected chi connectivity index (χ0v) is 9.44. The van der Waals surface area contributed by atoms with E-state index in [4.69, 9.17) is 23.1 Å². The summed E-state index contributed by atoms with van der Waals surface area (Å²) in [6.45, 7) is 0. The van der Waals surface area contributed by atoms with Crippen LogP contribution in [-0.2, 0) is 0 Å². The van der Waals surface area contributed by atoms with Gasteiger partial charge >= 0.3 is 0 Å². The van der Waals surface area contributed by atoms with E-state index in [1.165, 1.54) is 12.4 Å². The first-order valence-electron chi connectivity index (χ1n) is 4.15. The van der Waals surface area contributed by atoms with Crippen molar-refractivity contribution < 1.29 is 4.39 Å². The first-order valence-corrected chi connectivity index (χ1v) is 5.35. The quantitative estimate of drug-likeness (QED) is 0.717. The van der Waals surface area contributed by atoms with E-state index in [0.29, 0.717) is 5.16 Å². The van der Waals surface area contributed by atoms with Crippen LogP contribution in [0.2, 0.25) is 5.02 Å². The molecule has 0 fully saturated rings. The summed E-state index contributed by atoms with van der Waals surface area (Å²) in [7, 11) is 0. The topological polar surface area (TPSA) is 93.6 Å². The predicted molar refractivity (Wildman–Crippen MR) is 60.7 cm³/mol. The molecule has 1 aromatic carbocycles. The van der Waals surface area contributed by atoms with Gasteiger partial charge in [0.2, 0.25) is 0 Å². The van der Waals surface area contributed by atoms with E-state index >= 15 is 0 Å². The highest BCUT2D eigenvalue weighted by atomic mass is 35.5. The Hall–Kier alpha value is -1.47. The number of H-pyrrole nitrogens is 1. The first kappa shape index (κ1) is 11.0. The van der Waals surface area contributed by atoms with Crippen LogP contribution < -0.4 is 11.5 Å². The van der Waals surface area contributed by atoms with Gasteiger partial charge in [-0.25, -0.2) is 9.37 Å². The summed E-state index contributed by atoms with van der Waals surface area (Å²) < 4.78 is 13.7. The van der Waals surface area contributed by atoms with Crippen molar-refractivity contribution >= 4 is 34.7 Å². The molecule has 0 spiro atoms. The second-order valence-electron chi connectivity index (χ2n) is 2.90. The van der Waals surface area contributed by atoms with Crippen LogP contribution >= 0.6 is 23.4 Å². The molecular formula is C8H7ClFN5S. The number of nitrogens with one attached hydrogen (secondary N) is 1. The van der Waals surface area contributed by atoms with E-state index in [1.807, 2.05) is 0 Å². The molecule has 0 atom stereocenters. The zero-order chi connectivity index (χ0) is 11.7. The molecule has 0 aliphatic rings. The molecular weight excluding hydrogens is 253 g/mol. The number of benzene rings is 1. The molecule has 5 nitrogen and oxygen atoms in total. The van der Waals surface area contributed by atoms with E-state index < -0.39 is 5.82 Å². The van der Waals surface area contributed by atoms with Gasteiger partial charge in [-0.15, -0.1) is 0 Å². The Balaban J connectivity index is 2.45. The summed E-state index contributed by atoms with van der Waals surface area (Å²) in [4.78, 5) is 4.02. The molecule has 1 heterocycles. The second kappa shape index (κ2) is 4.18.